The molecule has 0 aliphatic heterocycles. The van der Waals surface area contributed by atoms with Crippen molar-refractivity contribution in [2.75, 3.05) is 0 Å². The largest absolute Gasteiger partial charge is 0.0776 e. The van der Waals surface area contributed by atoms with Crippen LogP contribution < -0.4 is 0 Å². The number of hydrogen-bond acceptors (Lipinski definition) is 0. The fourth-order valence-corrected chi connectivity index (χ4v) is 4.69. The van der Waals surface area contributed by atoms with Crippen molar-refractivity contribution in [2.24, 2.45) is 5.92 Å². The summed E-state index contributed by atoms with van der Waals surface area (Å²) in [6, 6.07) is 22.2. The van der Waals surface area contributed by atoms with E-state index < -0.39 is 0 Å². The van der Waals surface area contributed by atoms with Crippen LogP contribution in [-0.4, -0.2) is 0 Å². The van der Waals surface area contributed by atoms with Gasteiger partial charge in [-0.05, 0) is 63.1 Å². The Morgan fingerprint density at radius 1 is 0.567 bits per heavy atom. The number of hydrogen-bond donors (Lipinski definition) is 0. The summed E-state index contributed by atoms with van der Waals surface area (Å²) >= 11 is 0. The molecule has 0 radical (unpaired) electrons. The van der Waals surface area contributed by atoms with Gasteiger partial charge in [0.1, 0.15) is 0 Å². The van der Waals surface area contributed by atoms with Gasteiger partial charge in [-0.1, -0.05) is 123 Å². The molecule has 0 heterocycles. The normalized spacial score (nSPS) is 22.3. The molecule has 30 heavy (non-hydrogen) atoms. The van der Waals surface area contributed by atoms with Crippen LogP contribution >= 0.6 is 0 Å². The molecule has 0 heteroatoms. The van der Waals surface area contributed by atoms with Gasteiger partial charge in [-0.3, -0.25) is 0 Å². The molecule has 2 aliphatic rings. The van der Waals surface area contributed by atoms with Crippen LogP contribution in [0.1, 0.15) is 103 Å². The van der Waals surface area contributed by atoms with Crippen molar-refractivity contribution in [1.29, 1.82) is 0 Å². The Kier molecular flexibility index (Phi) is 10.3. The van der Waals surface area contributed by atoms with Crippen LogP contribution in [0.5, 0.6) is 0 Å². The third-order valence-electron chi connectivity index (χ3n) is 6.64. The Hall–Kier alpha value is -2.08. The van der Waals surface area contributed by atoms with E-state index in [9.17, 15) is 0 Å². The molecule has 2 aliphatic carbocycles. The van der Waals surface area contributed by atoms with Crippen molar-refractivity contribution in [3.8, 4) is 0 Å². The number of benzene rings is 3. The van der Waals surface area contributed by atoms with Crippen LogP contribution in [0.4, 0.5) is 0 Å². The third-order valence-corrected chi connectivity index (χ3v) is 6.64. The molecule has 0 amide bonds. The van der Waals surface area contributed by atoms with E-state index >= 15 is 0 Å². The molecule has 0 saturated carbocycles. The maximum Gasteiger partial charge on any atom is -0.0114 e. The van der Waals surface area contributed by atoms with Crippen LogP contribution in [0.2, 0.25) is 0 Å². The van der Waals surface area contributed by atoms with E-state index in [-0.39, 0.29) is 7.43 Å². The average Bonchev–Trinajstić information content (AvgIpc) is 3.21. The molecule has 0 fully saturated rings. The average molecular weight is 405 g/mol. The fraction of sp³-hybridized carbons (Fsp3) is 0.467. The van der Waals surface area contributed by atoms with E-state index in [1.54, 1.807) is 11.1 Å². The van der Waals surface area contributed by atoms with Crippen molar-refractivity contribution in [3.05, 3.63) is 82.9 Å². The van der Waals surface area contributed by atoms with Gasteiger partial charge in [-0.25, -0.2) is 0 Å². The summed E-state index contributed by atoms with van der Waals surface area (Å²) in [6.45, 7) is 17.3. The zero-order valence-corrected chi connectivity index (χ0v) is 19.8. The summed E-state index contributed by atoms with van der Waals surface area (Å²) in [5, 5.41) is 2.91. The summed E-state index contributed by atoms with van der Waals surface area (Å²) in [5.41, 5.74) is 6.20. The van der Waals surface area contributed by atoms with Crippen LogP contribution in [0.25, 0.3) is 10.8 Å². The molecule has 0 aromatic heterocycles. The van der Waals surface area contributed by atoms with Gasteiger partial charge in [0.25, 0.3) is 0 Å². The second kappa shape index (κ2) is 11.9. The minimum atomic E-state index is 0. The first-order valence-electron chi connectivity index (χ1n) is 11.7. The minimum absolute atomic E-state index is 0. The molecule has 3 aromatic rings. The van der Waals surface area contributed by atoms with E-state index in [0.717, 1.165) is 11.8 Å². The maximum absolute atomic E-state index is 2.34. The Morgan fingerprint density at radius 3 is 1.53 bits per heavy atom. The molecule has 0 saturated heterocycles. The molecule has 0 bridgehead atoms. The molecule has 5 rings (SSSR count). The standard InChI is InChI=1S/C14H14.C11H14.2C2H6.CH4/c1-9-10(2)13-8-4-6-11-5-3-7-12(9)14(11)13;1-8-7-10-5-3-4-6-11(10)9(8)2;2*1-2;/h3-10H,1-2H3;3-6,8-9H,7H2,1-2H3;2*1-2H3;1H4. The molecule has 4 unspecified atom stereocenters. The van der Waals surface area contributed by atoms with Gasteiger partial charge in [0, 0.05) is 0 Å². The first-order valence-corrected chi connectivity index (χ1v) is 11.7. The Labute approximate surface area is 186 Å². The Bertz CT molecular complexity index is 862. The lowest BCUT2D eigenvalue weighted by Gasteiger charge is -2.10. The van der Waals surface area contributed by atoms with Crippen molar-refractivity contribution >= 4 is 10.8 Å². The monoisotopic (exact) mass is 404 g/mol. The number of rotatable bonds is 0. The molecule has 4 atom stereocenters. The quantitative estimate of drug-likeness (QED) is 0.350. The summed E-state index contributed by atoms with van der Waals surface area (Å²) in [6.07, 6.45) is 1.28. The molecule has 0 nitrogen and oxygen atoms in total. The van der Waals surface area contributed by atoms with Gasteiger partial charge in [-0.15, -0.1) is 0 Å². The van der Waals surface area contributed by atoms with Crippen LogP contribution in [-0.2, 0) is 6.42 Å². The van der Waals surface area contributed by atoms with Crippen LogP contribution in [0, 0.1) is 5.92 Å². The molecule has 0 spiro atoms. The highest BCUT2D eigenvalue weighted by Gasteiger charge is 2.27. The van der Waals surface area contributed by atoms with Crippen molar-refractivity contribution in [3.63, 3.8) is 0 Å². The van der Waals surface area contributed by atoms with Gasteiger partial charge >= 0.3 is 0 Å². The fourth-order valence-electron chi connectivity index (χ4n) is 4.69. The lowest BCUT2D eigenvalue weighted by atomic mass is 9.94. The zero-order valence-electron chi connectivity index (χ0n) is 19.8. The van der Waals surface area contributed by atoms with Crippen LogP contribution in [0.3, 0.4) is 0 Å². The third kappa shape index (κ3) is 4.97. The lowest BCUT2D eigenvalue weighted by molar-refractivity contribution is 0.532. The Morgan fingerprint density at radius 2 is 1.03 bits per heavy atom. The highest BCUT2D eigenvalue weighted by atomic mass is 14.3. The zero-order chi connectivity index (χ0) is 21.6. The highest BCUT2D eigenvalue weighted by molar-refractivity contribution is 5.92. The smallest absolute Gasteiger partial charge is 0.0114 e. The topological polar surface area (TPSA) is 0 Å². The number of fused-ring (bicyclic) bond motifs is 1. The Balaban J connectivity index is 0.000000255. The van der Waals surface area contributed by atoms with Gasteiger partial charge in [-0.2, -0.15) is 0 Å². The minimum Gasteiger partial charge on any atom is -0.0776 e. The molecular formula is C30H44. The second-order valence-electron chi connectivity index (χ2n) is 8.04. The van der Waals surface area contributed by atoms with Gasteiger partial charge < -0.3 is 0 Å². The van der Waals surface area contributed by atoms with E-state index in [2.05, 4.69) is 88.4 Å². The van der Waals surface area contributed by atoms with Crippen molar-refractivity contribution in [2.45, 2.75) is 87.0 Å². The summed E-state index contributed by atoms with van der Waals surface area (Å²) in [4.78, 5) is 0. The van der Waals surface area contributed by atoms with Gasteiger partial charge in [0.05, 0.1) is 0 Å². The van der Waals surface area contributed by atoms with Crippen molar-refractivity contribution < 1.29 is 0 Å². The molecule has 0 N–H and O–H groups in total. The van der Waals surface area contributed by atoms with E-state index in [1.807, 2.05) is 27.7 Å². The predicted octanol–water partition coefficient (Wildman–Crippen LogP) is 9.73. The first kappa shape index (κ1) is 26.0. The lowest BCUT2D eigenvalue weighted by Crippen LogP contribution is -1.97. The van der Waals surface area contributed by atoms with Gasteiger partial charge in [0.15, 0.2) is 0 Å². The molecule has 3 aromatic carbocycles. The molecular weight excluding hydrogens is 360 g/mol. The highest BCUT2D eigenvalue weighted by Crippen LogP contribution is 2.45. The van der Waals surface area contributed by atoms with Crippen LogP contribution in [0.15, 0.2) is 60.7 Å². The van der Waals surface area contributed by atoms with E-state index in [4.69, 9.17) is 0 Å². The van der Waals surface area contributed by atoms with Gasteiger partial charge in [0.2, 0.25) is 0 Å². The summed E-state index contributed by atoms with van der Waals surface area (Å²) in [5.74, 6) is 2.96. The summed E-state index contributed by atoms with van der Waals surface area (Å²) in [7, 11) is 0. The second-order valence-corrected chi connectivity index (χ2v) is 8.04. The van der Waals surface area contributed by atoms with E-state index in [1.165, 1.54) is 28.3 Å². The van der Waals surface area contributed by atoms with E-state index in [0.29, 0.717) is 11.8 Å². The first-order chi connectivity index (χ1) is 14.1. The predicted molar refractivity (Wildman–Crippen MR) is 138 cm³/mol. The van der Waals surface area contributed by atoms with Crippen molar-refractivity contribution in [1.82, 2.24) is 0 Å². The maximum atomic E-state index is 2.34. The summed E-state index contributed by atoms with van der Waals surface area (Å²) < 4.78 is 0. The SMILES string of the molecule is C.CC.CC.CC1Cc2ccccc2C1C.CC1c2cccc3cccc(c23)C1C. The molecule has 164 valence electrons.